The fourth-order valence-electron chi connectivity index (χ4n) is 2.24. The third-order valence-corrected chi connectivity index (χ3v) is 3.12. The topological polar surface area (TPSA) is 76.4 Å². The Kier molecular flexibility index (Phi) is 4.50. The average molecular weight is 259 g/mol. The molecule has 1 aromatic carbocycles. The summed E-state index contributed by atoms with van der Waals surface area (Å²) in [7, 11) is 0. The zero-order valence-corrected chi connectivity index (χ0v) is 10.7. The summed E-state index contributed by atoms with van der Waals surface area (Å²) in [5.41, 5.74) is 1.15. The summed E-state index contributed by atoms with van der Waals surface area (Å²) in [6.45, 7) is 1.65. The first kappa shape index (κ1) is 13.5. The van der Waals surface area contributed by atoms with E-state index in [1.54, 1.807) is 24.3 Å². The van der Waals surface area contributed by atoms with Crippen molar-refractivity contribution < 1.29 is 9.90 Å². The van der Waals surface area contributed by atoms with Crippen molar-refractivity contribution in [3.8, 4) is 6.07 Å². The molecule has 2 rings (SSSR count). The van der Waals surface area contributed by atoms with Gasteiger partial charge < -0.3 is 10.4 Å². The van der Waals surface area contributed by atoms with Crippen LogP contribution in [0, 0.1) is 11.3 Å². The van der Waals surface area contributed by atoms with Gasteiger partial charge in [-0.15, -0.1) is 0 Å². The average Bonchev–Trinajstić information content (AvgIpc) is 2.38. The van der Waals surface area contributed by atoms with Crippen LogP contribution in [-0.4, -0.2) is 41.7 Å². The van der Waals surface area contributed by atoms with Gasteiger partial charge in [-0.3, -0.25) is 9.69 Å². The molecule has 1 heterocycles. The SMILES string of the molecule is N#Cc1cccc(NC(=O)CN2CCCC(O)C2)c1. The van der Waals surface area contributed by atoms with E-state index in [1.807, 2.05) is 11.0 Å². The highest BCUT2D eigenvalue weighted by atomic mass is 16.3. The van der Waals surface area contributed by atoms with E-state index < -0.39 is 0 Å². The Morgan fingerprint density at radius 2 is 2.42 bits per heavy atom. The van der Waals surface area contributed by atoms with Crippen molar-refractivity contribution in [2.24, 2.45) is 0 Å². The molecular formula is C14H17N3O2. The van der Waals surface area contributed by atoms with Gasteiger partial charge in [-0.1, -0.05) is 6.07 Å². The molecule has 19 heavy (non-hydrogen) atoms. The third kappa shape index (κ3) is 4.05. The van der Waals surface area contributed by atoms with Gasteiger partial charge >= 0.3 is 0 Å². The molecule has 1 fully saturated rings. The molecule has 0 bridgehead atoms. The molecule has 2 N–H and O–H groups in total. The number of nitriles is 1. The predicted molar refractivity (Wildman–Crippen MR) is 71.5 cm³/mol. The molecule has 1 atom stereocenters. The van der Waals surface area contributed by atoms with E-state index in [0.717, 1.165) is 19.4 Å². The number of carbonyl (C=O) groups excluding carboxylic acids is 1. The molecule has 100 valence electrons. The second-order valence-corrected chi connectivity index (χ2v) is 4.77. The van der Waals surface area contributed by atoms with Gasteiger partial charge in [0, 0.05) is 12.2 Å². The number of benzene rings is 1. The smallest absolute Gasteiger partial charge is 0.238 e. The Bertz CT molecular complexity index is 496. The summed E-state index contributed by atoms with van der Waals surface area (Å²) in [6.07, 6.45) is 1.39. The number of likely N-dealkylation sites (tertiary alicyclic amines) is 1. The van der Waals surface area contributed by atoms with Crippen LogP contribution >= 0.6 is 0 Å². The highest BCUT2D eigenvalue weighted by Gasteiger charge is 2.19. The van der Waals surface area contributed by atoms with Crippen molar-refractivity contribution in [1.82, 2.24) is 4.90 Å². The number of aliphatic hydroxyl groups excluding tert-OH is 1. The van der Waals surface area contributed by atoms with E-state index in [4.69, 9.17) is 5.26 Å². The van der Waals surface area contributed by atoms with Crippen LogP contribution in [0.5, 0.6) is 0 Å². The monoisotopic (exact) mass is 259 g/mol. The Balaban J connectivity index is 1.88. The number of aliphatic hydroxyl groups is 1. The number of hydrogen-bond acceptors (Lipinski definition) is 4. The molecule has 1 aromatic rings. The number of nitrogens with zero attached hydrogens (tertiary/aromatic N) is 2. The standard InChI is InChI=1S/C14H17N3O2/c15-8-11-3-1-4-12(7-11)16-14(19)10-17-6-2-5-13(18)9-17/h1,3-4,7,13,18H,2,5-6,9-10H2,(H,16,19). The van der Waals surface area contributed by atoms with Crippen LogP contribution < -0.4 is 5.32 Å². The fraction of sp³-hybridized carbons (Fsp3) is 0.429. The van der Waals surface area contributed by atoms with Crippen LogP contribution in [0.4, 0.5) is 5.69 Å². The lowest BCUT2D eigenvalue weighted by Crippen LogP contribution is -2.42. The van der Waals surface area contributed by atoms with Crippen molar-refractivity contribution in [3.05, 3.63) is 29.8 Å². The Labute approximate surface area is 112 Å². The normalized spacial score (nSPS) is 19.7. The summed E-state index contributed by atoms with van der Waals surface area (Å²) in [5.74, 6) is -0.121. The van der Waals surface area contributed by atoms with Crippen LogP contribution in [0.1, 0.15) is 18.4 Å². The lowest BCUT2D eigenvalue weighted by Gasteiger charge is -2.29. The van der Waals surface area contributed by atoms with Crippen molar-refractivity contribution >= 4 is 11.6 Å². The molecule has 5 heteroatoms. The van der Waals surface area contributed by atoms with E-state index in [2.05, 4.69) is 5.32 Å². The van der Waals surface area contributed by atoms with Gasteiger partial charge in [0.2, 0.25) is 5.91 Å². The van der Waals surface area contributed by atoms with Crippen LogP contribution in [0.15, 0.2) is 24.3 Å². The van der Waals surface area contributed by atoms with E-state index in [-0.39, 0.29) is 18.6 Å². The number of hydrogen-bond donors (Lipinski definition) is 2. The van der Waals surface area contributed by atoms with Crippen molar-refractivity contribution in [2.45, 2.75) is 18.9 Å². The molecule has 0 aliphatic carbocycles. The molecule has 0 radical (unpaired) electrons. The highest BCUT2D eigenvalue weighted by molar-refractivity contribution is 5.92. The van der Waals surface area contributed by atoms with Crippen LogP contribution in [-0.2, 0) is 4.79 Å². The van der Waals surface area contributed by atoms with Crippen LogP contribution in [0.25, 0.3) is 0 Å². The van der Waals surface area contributed by atoms with Crippen LogP contribution in [0.3, 0.4) is 0 Å². The maximum Gasteiger partial charge on any atom is 0.238 e. The summed E-state index contributed by atoms with van der Waals surface area (Å²) in [5, 5.41) is 21.1. The van der Waals surface area contributed by atoms with Crippen molar-refractivity contribution in [1.29, 1.82) is 5.26 Å². The molecule has 0 saturated carbocycles. The minimum atomic E-state index is -0.330. The number of amides is 1. The molecule has 1 saturated heterocycles. The molecule has 1 amide bonds. The second kappa shape index (κ2) is 6.32. The minimum absolute atomic E-state index is 0.121. The molecular weight excluding hydrogens is 242 g/mol. The quantitative estimate of drug-likeness (QED) is 0.847. The summed E-state index contributed by atoms with van der Waals surface area (Å²) in [4.78, 5) is 13.8. The Morgan fingerprint density at radius 1 is 1.58 bits per heavy atom. The van der Waals surface area contributed by atoms with E-state index in [0.29, 0.717) is 17.8 Å². The molecule has 1 aliphatic rings. The summed E-state index contributed by atoms with van der Waals surface area (Å²) < 4.78 is 0. The molecule has 0 spiro atoms. The van der Waals surface area contributed by atoms with Gasteiger partial charge in [0.1, 0.15) is 0 Å². The summed E-state index contributed by atoms with van der Waals surface area (Å²) in [6, 6.07) is 8.85. The largest absolute Gasteiger partial charge is 0.392 e. The van der Waals surface area contributed by atoms with Gasteiger partial charge in [0.05, 0.1) is 24.3 Å². The maximum absolute atomic E-state index is 11.9. The summed E-state index contributed by atoms with van der Waals surface area (Å²) >= 11 is 0. The zero-order chi connectivity index (χ0) is 13.7. The second-order valence-electron chi connectivity index (χ2n) is 4.77. The lowest BCUT2D eigenvalue weighted by molar-refractivity contribution is -0.118. The first-order valence-corrected chi connectivity index (χ1v) is 6.38. The molecule has 1 aliphatic heterocycles. The van der Waals surface area contributed by atoms with Gasteiger partial charge in [-0.25, -0.2) is 0 Å². The van der Waals surface area contributed by atoms with E-state index in [1.165, 1.54) is 0 Å². The van der Waals surface area contributed by atoms with Gasteiger partial charge in [-0.2, -0.15) is 5.26 Å². The first-order valence-electron chi connectivity index (χ1n) is 6.38. The van der Waals surface area contributed by atoms with E-state index >= 15 is 0 Å². The predicted octanol–water partition coefficient (Wildman–Crippen LogP) is 0.953. The zero-order valence-electron chi connectivity index (χ0n) is 10.7. The molecule has 1 unspecified atom stereocenters. The highest BCUT2D eigenvalue weighted by Crippen LogP contribution is 2.12. The molecule has 5 nitrogen and oxygen atoms in total. The number of piperidine rings is 1. The number of nitrogens with one attached hydrogen (secondary N) is 1. The van der Waals surface area contributed by atoms with Crippen molar-refractivity contribution in [3.63, 3.8) is 0 Å². The van der Waals surface area contributed by atoms with Crippen LogP contribution in [0.2, 0.25) is 0 Å². The number of β-amino-alcohol motifs (C(OH)–C–C–N with tert-alkyl or cyclic N) is 1. The molecule has 0 aromatic heterocycles. The lowest BCUT2D eigenvalue weighted by atomic mass is 10.1. The number of anilines is 1. The number of rotatable bonds is 3. The number of carbonyl (C=O) groups is 1. The fourth-order valence-corrected chi connectivity index (χ4v) is 2.24. The maximum atomic E-state index is 11.9. The third-order valence-electron chi connectivity index (χ3n) is 3.12. The van der Waals surface area contributed by atoms with Gasteiger partial charge in [0.25, 0.3) is 0 Å². The Hall–Kier alpha value is -1.90. The first-order chi connectivity index (χ1) is 9.17. The van der Waals surface area contributed by atoms with Crippen molar-refractivity contribution in [2.75, 3.05) is 25.0 Å². The van der Waals surface area contributed by atoms with Gasteiger partial charge in [-0.05, 0) is 37.6 Å². The van der Waals surface area contributed by atoms with E-state index in [9.17, 15) is 9.90 Å². The Morgan fingerprint density at radius 3 is 3.16 bits per heavy atom. The minimum Gasteiger partial charge on any atom is -0.392 e. The van der Waals surface area contributed by atoms with Gasteiger partial charge in [0.15, 0.2) is 0 Å².